The quantitative estimate of drug-likeness (QED) is 0.602. The summed E-state index contributed by atoms with van der Waals surface area (Å²) >= 11 is 0. The summed E-state index contributed by atoms with van der Waals surface area (Å²) in [7, 11) is 0. The second kappa shape index (κ2) is 9.30. The van der Waals surface area contributed by atoms with Crippen molar-refractivity contribution in [3.63, 3.8) is 0 Å². The van der Waals surface area contributed by atoms with E-state index < -0.39 is 24.3 Å². The molecule has 0 aliphatic heterocycles. The lowest BCUT2D eigenvalue weighted by Crippen LogP contribution is -2.27. The zero-order valence-electron chi connectivity index (χ0n) is 16.8. The molecule has 3 rings (SSSR count). The first-order chi connectivity index (χ1) is 14.4. The zero-order chi connectivity index (χ0) is 21.7. The topological polar surface area (TPSA) is 90.3 Å². The molecule has 2 aromatic carbocycles. The molecule has 0 aliphatic carbocycles. The highest BCUT2D eigenvalue weighted by atomic mass is 19.1. The van der Waals surface area contributed by atoms with Gasteiger partial charge in [-0.1, -0.05) is 37.6 Å². The van der Waals surface area contributed by atoms with Gasteiger partial charge in [-0.05, 0) is 37.1 Å². The van der Waals surface area contributed by atoms with E-state index in [0.29, 0.717) is 22.9 Å². The molecule has 1 heterocycles. The monoisotopic (exact) mass is 411 g/mol. The van der Waals surface area contributed by atoms with Crippen LogP contribution in [0.1, 0.15) is 35.8 Å². The van der Waals surface area contributed by atoms with Gasteiger partial charge in [-0.2, -0.15) is 5.10 Å². The molecule has 30 heavy (non-hydrogen) atoms. The van der Waals surface area contributed by atoms with Crippen LogP contribution < -0.4 is 10.9 Å². The number of hydrogen-bond acceptors (Lipinski definition) is 5. The van der Waals surface area contributed by atoms with Crippen molar-refractivity contribution < 1.29 is 18.7 Å². The van der Waals surface area contributed by atoms with Gasteiger partial charge < -0.3 is 10.1 Å². The van der Waals surface area contributed by atoms with E-state index in [2.05, 4.69) is 10.4 Å². The molecule has 0 bridgehead atoms. The van der Waals surface area contributed by atoms with Crippen LogP contribution >= 0.6 is 0 Å². The van der Waals surface area contributed by atoms with Crippen molar-refractivity contribution in [2.24, 2.45) is 0 Å². The first-order valence-corrected chi connectivity index (χ1v) is 9.63. The molecule has 1 amide bonds. The van der Waals surface area contributed by atoms with E-state index >= 15 is 0 Å². The first-order valence-electron chi connectivity index (χ1n) is 9.63. The second-order valence-electron chi connectivity index (χ2n) is 6.86. The zero-order valence-corrected chi connectivity index (χ0v) is 16.8. The molecule has 0 fully saturated rings. The number of nitrogens with one attached hydrogen (secondary N) is 1. The predicted octanol–water partition coefficient (Wildman–Crippen LogP) is 3.44. The molecule has 1 aromatic heterocycles. The lowest BCUT2D eigenvalue weighted by molar-refractivity contribution is -0.119. The molecule has 0 radical (unpaired) electrons. The third-order valence-corrected chi connectivity index (χ3v) is 4.57. The van der Waals surface area contributed by atoms with Crippen LogP contribution in [-0.4, -0.2) is 28.3 Å². The molecule has 0 saturated heterocycles. The number of aryl methyl sites for hydroxylation is 2. The van der Waals surface area contributed by atoms with Crippen LogP contribution in [0.5, 0.6) is 0 Å². The Morgan fingerprint density at radius 1 is 1.17 bits per heavy atom. The van der Waals surface area contributed by atoms with Gasteiger partial charge in [0.15, 0.2) is 12.3 Å². The molecule has 3 aromatic rings. The van der Waals surface area contributed by atoms with Gasteiger partial charge in [-0.25, -0.2) is 13.9 Å². The normalized spacial score (nSPS) is 10.8. The van der Waals surface area contributed by atoms with E-state index in [1.165, 1.54) is 16.8 Å². The summed E-state index contributed by atoms with van der Waals surface area (Å²) in [5.74, 6) is -1.88. The Bertz CT molecular complexity index is 1160. The van der Waals surface area contributed by atoms with E-state index in [-0.39, 0.29) is 16.9 Å². The molecular weight excluding hydrogens is 389 g/mol. The fourth-order valence-corrected chi connectivity index (χ4v) is 2.91. The summed E-state index contributed by atoms with van der Waals surface area (Å²) in [5, 5.41) is 7.36. The van der Waals surface area contributed by atoms with Crippen LogP contribution in [0.3, 0.4) is 0 Å². The number of fused-ring (bicyclic) bond motifs is 1. The van der Waals surface area contributed by atoms with E-state index in [1.807, 2.05) is 6.92 Å². The van der Waals surface area contributed by atoms with Crippen LogP contribution in [0.4, 0.5) is 10.1 Å². The molecule has 0 atom stereocenters. The Kier molecular flexibility index (Phi) is 6.56. The molecule has 0 aliphatic rings. The minimum atomic E-state index is -0.818. The van der Waals surface area contributed by atoms with Gasteiger partial charge in [0.2, 0.25) is 0 Å². The number of nitrogens with zero attached hydrogens (tertiary/aromatic N) is 2. The van der Waals surface area contributed by atoms with E-state index in [0.717, 1.165) is 12.8 Å². The highest BCUT2D eigenvalue weighted by molar-refractivity contribution is 6.03. The molecule has 1 N–H and O–H groups in total. The van der Waals surface area contributed by atoms with Crippen molar-refractivity contribution in [1.29, 1.82) is 0 Å². The van der Waals surface area contributed by atoms with E-state index in [4.69, 9.17) is 4.74 Å². The number of carbonyl (C=O) groups excluding carboxylic acids is 2. The number of benzene rings is 2. The molecule has 8 heteroatoms. The number of carbonyl (C=O) groups is 2. The van der Waals surface area contributed by atoms with Crippen LogP contribution in [0.15, 0.2) is 47.3 Å². The van der Waals surface area contributed by atoms with Crippen molar-refractivity contribution in [1.82, 2.24) is 9.78 Å². The Balaban J connectivity index is 1.77. The molecular formula is C22H22FN3O4. The molecule has 0 unspecified atom stereocenters. The van der Waals surface area contributed by atoms with Gasteiger partial charge in [0.25, 0.3) is 11.5 Å². The van der Waals surface area contributed by atoms with Gasteiger partial charge in [0, 0.05) is 17.6 Å². The maximum atomic E-state index is 13.6. The lowest BCUT2D eigenvalue weighted by atomic mass is 10.1. The lowest BCUT2D eigenvalue weighted by Gasteiger charge is -2.11. The number of halogens is 1. The van der Waals surface area contributed by atoms with E-state index in [9.17, 15) is 18.8 Å². The second-order valence-corrected chi connectivity index (χ2v) is 6.86. The van der Waals surface area contributed by atoms with Crippen LogP contribution in [-0.2, 0) is 16.1 Å². The molecule has 0 saturated carbocycles. The maximum Gasteiger partial charge on any atom is 0.359 e. The van der Waals surface area contributed by atoms with Crippen molar-refractivity contribution in [3.8, 4) is 0 Å². The van der Waals surface area contributed by atoms with Gasteiger partial charge in [-0.15, -0.1) is 0 Å². The van der Waals surface area contributed by atoms with Crippen molar-refractivity contribution in [3.05, 3.63) is 69.9 Å². The minimum Gasteiger partial charge on any atom is -0.451 e. The number of amides is 1. The third-order valence-electron chi connectivity index (χ3n) is 4.57. The minimum absolute atomic E-state index is 0.0320. The fourth-order valence-electron chi connectivity index (χ4n) is 2.91. The summed E-state index contributed by atoms with van der Waals surface area (Å²) in [4.78, 5) is 37.3. The number of hydrogen-bond donors (Lipinski definition) is 1. The summed E-state index contributed by atoms with van der Waals surface area (Å²) in [6, 6.07) is 10.9. The number of unbranched alkanes of at least 4 members (excludes halogenated alkanes) is 1. The summed E-state index contributed by atoms with van der Waals surface area (Å²) < 4.78 is 19.9. The SMILES string of the molecule is CCCCn1nc(C(=O)OCC(=O)Nc2ccc(C)c(F)c2)c2ccccc2c1=O. The highest BCUT2D eigenvalue weighted by Gasteiger charge is 2.19. The number of ether oxygens (including phenoxy) is 1. The average Bonchev–Trinajstić information content (AvgIpc) is 2.74. The highest BCUT2D eigenvalue weighted by Crippen LogP contribution is 2.16. The number of anilines is 1. The summed E-state index contributed by atoms with van der Waals surface area (Å²) in [5.41, 5.74) is 0.400. The maximum absolute atomic E-state index is 13.6. The van der Waals surface area contributed by atoms with Crippen molar-refractivity contribution in [2.45, 2.75) is 33.2 Å². The Morgan fingerprint density at radius 3 is 2.60 bits per heavy atom. The predicted molar refractivity (Wildman–Crippen MR) is 111 cm³/mol. The van der Waals surface area contributed by atoms with Crippen LogP contribution in [0.2, 0.25) is 0 Å². The van der Waals surface area contributed by atoms with Gasteiger partial charge in [-0.3, -0.25) is 9.59 Å². The Labute approximate surface area is 172 Å². The van der Waals surface area contributed by atoms with Gasteiger partial charge in [0.05, 0.1) is 5.39 Å². The van der Waals surface area contributed by atoms with Crippen LogP contribution in [0, 0.1) is 12.7 Å². The van der Waals surface area contributed by atoms with E-state index in [1.54, 1.807) is 37.3 Å². The molecule has 156 valence electrons. The van der Waals surface area contributed by atoms with Crippen molar-refractivity contribution in [2.75, 3.05) is 11.9 Å². The number of aromatic nitrogens is 2. The fraction of sp³-hybridized carbons (Fsp3) is 0.273. The van der Waals surface area contributed by atoms with Gasteiger partial charge >= 0.3 is 5.97 Å². The number of esters is 1. The standard InChI is InChI=1S/C22H22FN3O4/c1-3-4-11-26-21(28)17-8-6-5-7-16(17)20(25-26)22(29)30-13-19(27)24-15-10-9-14(2)18(23)12-15/h5-10,12H,3-4,11,13H2,1-2H3,(H,24,27). The number of rotatable bonds is 7. The molecule has 0 spiro atoms. The molecule has 7 nitrogen and oxygen atoms in total. The summed E-state index contributed by atoms with van der Waals surface area (Å²) in [6.07, 6.45) is 1.59. The average molecular weight is 411 g/mol. The third kappa shape index (κ3) is 4.71. The van der Waals surface area contributed by atoms with Crippen molar-refractivity contribution >= 4 is 28.3 Å². The largest absolute Gasteiger partial charge is 0.451 e. The van der Waals surface area contributed by atoms with Crippen LogP contribution in [0.25, 0.3) is 10.8 Å². The van der Waals surface area contributed by atoms with Gasteiger partial charge in [0.1, 0.15) is 5.82 Å². The summed E-state index contributed by atoms with van der Waals surface area (Å²) in [6.45, 7) is 3.40. The Morgan fingerprint density at radius 2 is 1.90 bits per heavy atom. The first kappa shape index (κ1) is 21.2. The Hall–Kier alpha value is -3.55. The smallest absolute Gasteiger partial charge is 0.359 e.